The predicted molar refractivity (Wildman–Crippen MR) is 52.9 cm³/mol. The second kappa shape index (κ2) is 4.35. The minimum atomic E-state index is 0.531. The minimum Gasteiger partial charge on any atom is -0.0860 e. The first-order valence-electron chi connectivity index (χ1n) is 3.40. The summed E-state index contributed by atoms with van der Waals surface area (Å²) < 4.78 is 0. The second-order valence-electron chi connectivity index (χ2n) is 2.36. The largest absolute Gasteiger partial charge is 0.0860 e. The van der Waals surface area contributed by atoms with Crippen molar-refractivity contribution in [2.45, 2.75) is 22.5 Å². The lowest BCUT2D eigenvalue weighted by Gasteiger charge is -2.05. The Bertz CT molecular complexity index is 131. The van der Waals surface area contributed by atoms with E-state index < -0.39 is 0 Å². The van der Waals surface area contributed by atoms with E-state index in [0.29, 0.717) is 9.65 Å². The highest BCUT2D eigenvalue weighted by Crippen LogP contribution is 2.16. The van der Waals surface area contributed by atoms with Gasteiger partial charge in [0.1, 0.15) is 0 Å². The molecule has 1 aliphatic carbocycles. The normalized spacial score (nSPS) is 39.8. The van der Waals surface area contributed by atoms with E-state index in [1.54, 1.807) is 0 Å². The SMILES string of the molecule is BrC1/C=C\CC(Br)/C=C\C1. The number of hydrogen-bond acceptors (Lipinski definition) is 0. The molecular weight excluding hydrogens is 256 g/mol. The zero-order chi connectivity index (χ0) is 7.40. The van der Waals surface area contributed by atoms with Crippen LogP contribution in [-0.2, 0) is 0 Å². The molecule has 0 radical (unpaired) electrons. The first kappa shape index (κ1) is 8.54. The van der Waals surface area contributed by atoms with Crippen molar-refractivity contribution in [1.82, 2.24) is 0 Å². The van der Waals surface area contributed by atoms with Crippen molar-refractivity contribution in [2.75, 3.05) is 0 Å². The Labute approximate surface area is 78.6 Å². The van der Waals surface area contributed by atoms with Crippen LogP contribution < -0.4 is 0 Å². The smallest absolute Gasteiger partial charge is 0.0359 e. The number of allylic oxidation sites excluding steroid dienone is 4. The molecule has 1 aliphatic rings. The maximum absolute atomic E-state index is 3.54. The third-order valence-electron chi connectivity index (χ3n) is 1.41. The van der Waals surface area contributed by atoms with Crippen molar-refractivity contribution in [3.8, 4) is 0 Å². The van der Waals surface area contributed by atoms with E-state index in [1.165, 1.54) is 0 Å². The Balaban J connectivity index is 2.48. The molecule has 0 spiro atoms. The van der Waals surface area contributed by atoms with Gasteiger partial charge in [-0.05, 0) is 12.8 Å². The van der Waals surface area contributed by atoms with E-state index >= 15 is 0 Å². The lowest BCUT2D eigenvalue weighted by molar-refractivity contribution is 1.00. The van der Waals surface area contributed by atoms with Crippen molar-refractivity contribution < 1.29 is 0 Å². The summed E-state index contributed by atoms with van der Waals surface area (Å²) >= 11 is 7.08. The molecule has 0 aromatic rings. The standard InChI is InChI=1S/C8H10Br2/c9-7-3-1-4-8(10)6-2-5-7/h1-3,6-8H,4-5H2/b3-1-,6-2-. The summed E-state index contributed by atoms with van der Waals surface area (Å²) in [5.74, 6) is 0. The molecule has 0 aromatic heterocycles. The first-order chi connectivity index (χ1) is 4.79. The number of alkyl halides is 2. The zero-order valence-corrected chi connectivity index (χ0v) is 8.81. The summed E-state index contributed by atoms with van der Waals surface area (Å²) in [6, 6.07) is 0. The Morgan fingerprint density at radius 1 is 0.900 bits per heavy atom. The molecule has 0 aromatic carbocycles. The van der Waals surface area contributed by atoms with Gasteiger partial charge in [-0.3, -0.25) is 0 Å². The fourth-order valence-electron chi connectivity index (χ4n) is 0.870. The summed E-state index contributed by atoms with van der Waals surface area (Å²) in [5, 5.41) is 0. The van der Waals surface area contributed by atoms with Crippen LogP contribution in [0.4, 0.5) is 0 Å². The molecule has 0 N–H and O–H groups in total. The molecular formula is C8H10Br2. The highest BCUT2D eigenvalue weighted by atomic mass is 79.9. The third kappa shape index (κ3) is 3.02. The van der Waals surface area contributed by atoms with Crippen LogP contribution in [0.15, 0.2) is 24.3 Å². The number of halogens is 2. The van der Waals surface area contributed by atoms with E-state index in [1.807, 2.05) is 0 Å². The average molecular weight is 266 g/mol. The molecule has 0 bridgehead atoms. The zero-order valence-electron chi connectivity index (χ0n) is 5.63. The molecule has 0 heterocycles. The summed E-state index contributed by atoms with van der Waals surface area (Å²) in [5.41, 5.74) is 0. The predicted octanol–water partition coefficient (Wildman–Crippen LogP) is 3.42. The van der Waals surface area contributed by atoms with Crippen LogP contribution in [0.2, 0.25) is 0 Å². The highest BCUT2D eigenvalue weighted by molar-refractivity contribution is 9.09. The molecule has 0 saturated heterocycles. The van der Waals surface area contributed by atoms with Crippen molar-refractivity contribution >= 4 is 31.9 Å². The van der Waals surface area contributed by atoms with E-state index in [-0.39, 0.29) is 0 Å². The minimum absolute atomic E-state index is 0.531. The number of hydrogen-bond donors (Lipinski definition) is 0. The molecule has 0 amide bonds. The van der Waals surface area contributed by atoms with Crippen molar-refractivity contribution in [3.63, 3.8) is 0 Å². The van der Waals surface area contributed by atoms with Gasteiger partial charge >= 0.3 is 0 Å². The van der Waals surface area contributed by atoms with Crippen molar-refractivity contribution in [1.29, 1.82) is 0 Å². The van der Waals surface area contributed by atoms with Gasteiger partial charge in [0.05, 0.1) is 0 Å². The first-order valence-corrected chi connectivity index (χ1v) is 5.23. The topological polar surface area (TPSA) is 0 Å². The molecule has 10 heavy (non-hydrogen) atoms. The van der Waals surface area contributed by atoms with Crippen LogP contribution in [0.25, 0.3) is 0 Å². The summed E-state index contributed by atoms with van der Waals surface area (Å²) in [6.45, 7) is 0. The van der Waals surface area contributed by atoms with E-state index in [2.05, 4.69) is 56.2 Å². The Morgan fingerprint density at radius 3 is 1.70 bits per heavy atom. The van der Waals surface area contributed by atoms with E-state index in [4.69, 9.17) is 0 Å². The van der Waals surface area contributed by atoms with Crippen LogP contribution in [0.3, 0.4) is 0 Å². The Kier molecular flexibility index (Phi) is 3.71. The van der Waals surface area contributed by atoms with Crippen LogP contribution in [0.1, 0.15) is 12.8 Å². The van der Waals surface area contributed by atoms with Gasteiger partial charge in [-0.1, -0.05) is 56.2 Å². The highest BCUT2D eigenvalue weighted by Gasteiger charge is 2.01. The molecule has 0 fully saturated rings. The Morgan fingerprint density at radius 2 is 1.30 bits per heavy atom. The van der Waals surface area contributed by atoms with Crippen LogP contribution in [-0.4, -0.2) is 9.65 Å². The van der Waals surface area contributed by atoms with Gasteiger partial charge < -0.3 is 0 Å². The number of rotatable bonds is 0. The van der Waals surface area contributed by atoms with Gasteiger partial charge in [-0.2, -0.15) is 0 Å². The van der Waals surface area contributed by atoms with Crippen molar-refractivity contribution in [2.24, 2.45) is 0 Å². The molecule has 2 unspecified atom stereocenters. The Hall–Kier alpha value is 0.440. The summed E-state index contributed by atoms with van der Waals surface area (Å²) in [4.78, 5) is 1.06. The lowest BCUT2D eigenvalue weighted by atomic mass is 10.1. The molecule has 2 heteroatoms. The van der Waals surface area contributed by atoms with Crippen molar-refractivity contribution in [3.05, 3.63) is 24.3 Å². The van der Waals surface area contributed by atoms with Gasteiger partial charge in [0, 0.05) is 9.65 Å². The van der Waals surface area contributed by atoms with Gasteiger partial charge in [0.2, 0.25) is 0 Å². The molecule has 0 nitrogen and oxygen atoms in total. The quantitative estimate of drug-likeness (QED) is 0.465. The van der Waals surface area contributed by atoms with Crippen LogP contribution >= 0.6 is 31.9 Å². The molecule has 1 rings (SSSR count). The molecule has 56 valence electrons. The monoisotopic (exact) mass is 264 g/mol. The lowest BCUT2D eigenvalue weighted by Crippen LogP contribution is -1.97. The molecule has 0 aliphatic heterocycles. The fraction of sp³-hybridized carbons (Fsp3) is 0.500. The van der Waals surface area contributed by atoms with Crippen LogP contribution in [0.5, 0.6) is 0 Å². The van der Waals surface area contributed by atoms with Crippen LogP contribution in [0, 0.1) is 0 Å². The van der Waals surface area contributed by atoms with E-state index in [9.17, 15) is 0 Å². The van der Waals surface area contributed by atoms with Gasteiger partial charge in [-0.25, -0.2) is 0 Å². The second-order valence-corrected chi connectivity index (χ2v) is 4.71. The van der Waals surface area contributed by atoms with E-state index in [0.717, 1.165) is 12.8 Å². The van der Waals surface area contributed by atoms with Gasteiger partial charge in [-0.15, -0.1) is 0 Å². The maximum atomic E-state index is 3.54. The maximum Gasteiger partial charge on any atom is 0.0359 e. The summed E-state index contributed by atoms with van der Waals surface area (Å²) in [6.07, 6.45) is 11.0. The average Bonchev–Trinajstić information content (AvgIpc) is 1.84. The third-order valence-corrected chi connectivity index (χ3v) is 2.77. The fourth-order valence-corrected chi connectivity index (χ4v) is 1.73. The molecule has 2 atom stereocenters. The molecule has 0 saturated carbocycles. The summed E-state index contributed by atoms with van der Waals surface area (Å²) in [7, 11) is 0. The van der Waals surface area contributed by atoms with Gasteiger partial charge in [0.15, 0.2) is 0 Å². The van der Waals surface area contributed by atoms with Gasteiger partial charge in [0.25, 0.3) is 0 Å².